The number of carbonyl (C=O) groups excluding carboxylic acids is 1. The van der Waals surface area contributed by atoms with E-state index in [4.69, 9.17) is 4.52 Å². The largest absolute Gasteiger partial charge is 0.360 e. The number of hydrogen-bond donors (Lipinski definition) is 1. The molecular formula is C16H20N4O2. The maximum atomic E-state index is 12.4. The van der Waals surface area contributed by atoms with Crippen molar-refractivity contribution in [3.63, 3.8) is 0 Å². The molecule has 3 rings (SSSR count). The molecule has 1 saturated heterocycles. The Hall–Kier alpha value is -2.21. The van der Waals surface area contributed by atoms with E-state index in [0.29, 0.717) is 23.6 Å². The lowest BCUT2D eigenvalue weighted by molar-refractivity contribution is 0.0949. The summed E-state index contributed by atoms with van der Waals surface area (Å²) in [6.45, 7) is 5.53. The molecule has 1 fully saturated rings. The second-order valence-electron chi connectivity index (χ2n) is 5.51. The van der Waals surface area contributed by atoms with Crippen LogP contribution in [0.25, 0.3) is 11.3 Å². The number of aromatic nitrogens is 2. The van der Waals surface area contributed by atoms with Gasteiger partial charge in [0.15, 0.2) is 0 Å². The van der Waals surface area contributed by atoms with E-state index in [9.17, 15) is 4.79 Å². The highest BCUT2D eigenvalue weighted by atomic mass is 16.5. The summed E-state index contributed by atoms with van der Waals surface area (Å²) in [4.78, 5) is 18.9. The standard InChI is InChI=1S/C16H20N4O2/c1-12-14(15(19-22-12)13-5-4-6-17-11-13)16(21)18-7-10-20-8-2-3-9-20/h4-6,11H,2-3,7-10H2,1H3,(H,18,21). The van der Waals surface area contributed by atoms with Gasteiger partial charge in [-0.3, -0.25) is 9.78 Å². The van der Waals surface area contributed by atoms with Crippen molar-refractivity contribution in [1.29, 1.82) is 0 Å². The molecule has 0 unspecified atom stereocenters. The third-order valence-corrected chi connectivity index (χ3v) is 3.94. The van der Waals surface area contributed by atoms with Crippen molar-refractivity contribution in [3.8, 4) is 11.3 Å². The predicted molar refractivity (Wildman–Crippen MR) is 82.5 cm³/mol. The number of hydrogen-bond acceptors (Lipinski definition) is 5. The fraction of sp³-hybridized carbons (Fsp3) is 0.438. The van der Waals surface area contributed by atoms with Crippen LogP contribution in [0, 0.1) is 6.92 Å². The van der Waals surface area contributed by atoms with Gasteiger partial charge in [-0.25, -0.2) is 0 Å². The number of aryl methyl sites for hydroxylation is 1. The summed E-state index contributed by atoms with van der Waals surface area (Å²) < 4.78 is 5.20. The van der Waals surface area contributed by atoms with Crippen LogP contribution in [0.5, 0.6) is 0 Å². The normalized spacial score (nSPS) is 15.1. The number of amides is 1. The minimum absolute atomic E-state index is 0.142. The molecule has 1 aliphatic rings. The van der Waals surface area contributed by atoms with Crippen molar-refractivity contribution in [3.05, 3.63) is 35.9 Å². The highest BCUT2D eigenvalue weighted by Gasteiger charge is 2.21. The zero-order valence-electron chi connectivity index (χ0n) is 12.7. The zero-order valence-corrected chi connectivity index (χ0v) is 12.7. The fourth-order valence-electron chi connectivity index (χ4n) is 2.76. The smallest absolute Gasteiger partial charge is 0.257 e. The molecule has 6 heteroatoms. The fourth-order valence-corrected chi connectivity index (χ4v) is 2.76. The van der Waals surface area contributed by atoms with Crippen LogP contribution in [0.4, 0.5) is 0 Å². The lowest BCUT2D eigenvalue weighted by Crippen LogP contribution is -2.33. The van der Waals surface area contributed by atoms with E-state index in [-0.39, 0.29) is 5.91 Å². The first-order chi connectivity index (χ1) is 10.8. The number of rotatable bonds is 5. The van der Waals surface area contributed by atoms with E-state index in [1.54, 1.807) is 19.3 Å². The topological polar surface area (TPSA) is 71.3 Å². The van der Waals surface area contributed by atoms with Gasteiger partial charge in [0.05, 0.1) is 0 Å². The van der Waals surface area contributed by atoms with Crippen LogP contribution >= 0.6 is 0 Å². The second-order valence-corrected chi connectivity index (χ2v) is 5.51. The molecule has 1 N–H and O–H groups in total. The van der Waals surface area contributed by atoms with E-state index in [1.807, 2.05) is 12.1 Å². The third-order valence-electron chi connectivity index (χ3n) is 3.94. The quantitative estimate of drug-likeness (QED) is 0.912. The maximum Gasteiger partial charge on any atom is 0.257 e. The van der Waals surface area contributed by atoms with Gasteiger partial charge >= 0.3 is 0 Å². The lowest BCUT2D eigenvalue weighted by atomic mass is 10.1. The first-order valence-corrected chi connectivity index (χ1v) is 7.63. The molecule has 2 aromatic rings. The third kappa shape index (κ3) is 3.17. The highest BCUT2D eigenvalue weighted by Crippen LogP contribution is 2.24. The van der Waals surface area contributed by atoms with Crippen LogP contribution in [-0.4, -0.2) is 47.1 Å². The molecule has 116 valence electrons. The van der Waals surface area contributed by atoms with Crippen molar-refractivity contribution in [2.24, 2.45) is 0 Å². The molecule has 3 heterocycles. The van der Waals surface area contributed by atoms with Crippen LogP contribution in [0.15, 0.2) is 29.0 Å². The van der Waals surface area contributed by atoms with Gasteiger partial charge in [-0.2, -0.15) is 0 Å². The lowest BCUT2D eigenvalue weighted by Gasteiger charge is -2.14. The summed E-state index contributed by atoms with van der Waals surface area (Å²) in [5.74, 6) is 0.384. The molecule has 22 heavy (non-hydrogen) atoms. The van der Waals surface area contributed by atoms with Gasteiger partial charge in [0, 0.05) is 31.0 Å². The molecule has 1 amide bonds. The molecule has 6 nitrogen and oxygen atoms in total. The van der Waals surface area contributed by atoms with Crippen molar-refractivity contribution < 1.29 is 9.32 Å². The Morgan fingerprint density at radius 1 is 1.41 bits per heavy atom. The van der Waals surface area contributed by atoms with Crippen molar-refractivity contribution in [1.82, 2.24) is 20.4 Å². The summed E-state index contributed by atoms with van der Waals surface area (Å²) in [7, 11) is 0. The number of nitrogens with zero attached hydrogens (tertiary/aromatic N) is 3. The van der Waals surface area contributed by atoms with Gasteiger partial charge in [0.25, 0.3) is 5.91 Å². The molecule has 0 radical (unpaired) electrons. The van der Waals surface area contributed by atoms with Crippen LogP contribution in [0.1, 0.15) is 29.0 Å². The molecule has 0 aliphatic carbocycles. The number of pyridine rings is 1. The Labute approximate surface area is 129 Å². The minimum Gasteiger partial charge on any atom is -0.360 e. The Balaban J connectivity index is 1.68. The number of nitrogens with one attached hydrogen (secondary N) is 1. The van der Waals surface area contributed by atoms with Crippen molar-refractivity contribution >= 4 is 5.91 Å². The second kappa shape index (κ2) is 6.70. The highest BCUT2D eigenvalue weighted by molar-refractivity contribution is 6.00. The Bertz CT molecular complexity index is 633. The summed E-state index contributed by atoms with van der Waals surface area (Å²) >= 11 is 0. The molecular weight excluding hydrogens is 280 g/mol. The molecule has 2 aromatic heterocycles. The van der Waals surface area contributed by atoms with Crippen LogP contribution < -0.4 is 5.32 Å². The first kappa shape index (κ1) is 14.7. The average Bonchev–Trinajstić information content (AvgIpc) is 3.17. The Morgan fingerprint density at radius 2 is 2.23 bits per heavy atom. The van der Waals surface area contributed by atoms with E-state index in [2.05, 4.69) is 20.4 Å². The predicted octanol–water partition coefficient (Wildman–Crippen LogP) is 1.87. The van der Waals surface area contributed by atoms with E-state index in [0.717, 1.165) is 25.2 Å². The average molecular weight is 300 g/mol. The van der Waals surface area contributed by atoms with Crippen LogP contribution in [-0.2, 0) is 0 Å². The van der Waals surface area contributed by atoms with E-state index < -0.39 is 0 Å². The minimum atomic E-state index is -0.142. The van der Waals surface area contributed by atoms with Crippen molar-refractivity contribution in [2.75, 3.05) is 26.2 Å². The number of carbonyl (C=O) groups is 1. The zero-order chi connectivity index (χ0) is 15.4. The van der Waals surface area contributed by atoms with Crippen LogP contribution in [0.2, 0.25) is 0 Å². The van der Waals surface area contributed by atoms with E-state index >= 15 is 0 Å². The van der Waals surface area contributed by atoms with Gasteiger partial charge in [-0.15, -0.1) is 0 Å². The Kier molecular flexibility index (Phi) is 4.48. The summed E-state index contributed by atoms with van der Waals surface area (Å²) in [5, 5.41) is 6.97. The Morgan fingerprint density at radius 3 is 2.95 bits per heavy atom. The molecule has 0 saturated carbocycles. The van der Waals surface area contributed by atoms with E-state index in [1.165, 1.54) is 12.8 Å². The molecule has 0 bridgehead atoms. The maximum absolute atomic E-state index is 12.4. The summed E-state index contributed by atoms with van der Waals surface area (Å²) in [6.07, 6.45) is 5.87. The first-order valence-electron chi connectivity index (χ1n) is 7.63. The summed E-state index contributed by atoms with van der Waals surface area (Å²) in [6, 6.07) is 3.68. The van der Waals surface area contributed by atoms with Gasteiger partial charge in [-0.05, 0) is 45.0 Å². The molecule has 1 aliphatic heterocycles. The van der Waals surface area contributed by atoms with Crippen molar-refractivity contribution in [2.45, 2.75) is 19.8 Å². The molecule has 0 atom stereocenters. The van der Waals surface area contributed by atoms with Crippen LogP contribution in [0.3, 0.4) is 0 Å². The monoisotopic (exact) mass is 300 g/mol. The van der Waals surface area contributed by atoms with Gasteiger partial charge in [0.1, 0.15) is 17.0 Å². The van der Waals surface area contributed by atoms with Gasteiger partial charge < -0.3 is 14.7 Å². The molecule has 0 aromatic carbocycles. The SMILES string of the molecule is Cc1onc(-c2cccnc2)c1C(=O)NCCN1CCCC1. The summed E-state index contributed by atoms with van der Waals surface area (Å²) in [5.41, 5.74) is 1.82. The van der Waals surface area contributed by atoms with Gasteiger partial charge in [-0.1, -0.05) is 5.16 Å². The van der Waals surface area contributed by atoms with Gasteiger partial charge in [0.2, 0.25) is 0 Å². The molecule has 0 spiro atoms. The number of likely N-dealkylation sites (tertiary alicyclic amines) is 1.